The molecule has 1 amide bonds. The molecular weight excluding hydrogens is 294 g/mol. The van der Waals surface area contributed by atoms with Gasteiger partial charge in [-0.15, -0.1) is 0 Å². The number of carbonyl (C=O) groups excluding carboxylic acids is 1. The van der Waals surface area contributed by atoms with Gasteiger partial charge in [0.1, 0.15) is 5.75 Å². The van der Waals surface area contributed by atoms with Crippen LogP contribution in [-0.4, -0.2) is 30.1 Å². The van der Waals surface area contributed by atoms with Gasteiger partial charge in [0.15, 0.2) is 0 Å². The third kappa shape index (κ3) is 2.97. The van der Waals surface area contributed by atoms with Crippen molar-refractivity contribution in [2.24, 2.45) is 0 Å². The Morgan fingerprint density at radius 1 is 1.26 bits per heavy atom. The van der Waals surface area contributed by atoms with Crippen LogP contribution in [0.4, 0.5) is 5.95 Å². The highest BCUT2D eigenvalue weighted by atomic mass is 16.5. The van der Waals surface area contributed by atoms with Crippen molar-refractivity contribution in [2.45, 2.75) is 25.7 Å². The first-order chi connectivity index (χ1) is 11.1. The zero-order valence-corrected chi connectivity index (χ0v) is 13.4. The van der Waals surface area contributed by atoms with E-state index in [9.17, 15) is 4.79 Å². The Morgan fingerprint density at radius 3 is 2.83 bits per heavy atom. The van der Waals surface area contributed by atoms with E-state index in [1.807, 2.05) is 25.1 Å². The quantitative estimate of drug-likeness (QED) is 0.938. The fraction of sp³-hybridized carbons (Fsp3) is 0.353. The summed E-state index contributed by atoms with van der Waals surface area (Å²) < 4.78 is 10.5. The second-order valence-corrected chi connectivity index (χ2v) is 5.49. The Bertz CT molecular complexity index is 746. The van der Waals surface area contributed by atoms with Gasteiger partial charge in [-0.3, -0.25) is 10.1 Å². The maximum Gasteiger partial charge on any atom is 0.234 e. The highest BCUT2D eigenvalue weighted by Gasteiger charge is 2.32. The summed E-state index contributed by atoms with van der Waals surface area (Å²) in [6.45, 7) is 1.83. The average molecular weight is 313 g/mol. The molecule has 1 heterocycles. The Balaban J connectivity index is 1.85. The van der Waals surface area contributed by atoms with Crippen LogP contribution in [-0.2, 0) is 11.2 Å². The van der Waals surface area contributed by atoms with Crippen molar-refractivity contribution in [3.63, 3.8) is 0 Å². The van der Waals surface area contributed by atoms with E-state index in [-0.39, 0.29) is 17.8 Å². The van der Waals surface area contributed by atoms with E-state index in [0.717, 1.165) is 35.4 Å². The van der Waals surface area contributed by atoms with E-state index in [1.165, 1.54) is 7.11 Å². The second kappa shape index (κ2) is 6.24. The Morgan fingerprint density at radius 2 is 2.09 bits per heavy atom. The van der Waals surface area contributed by atoms with Gasteiger partial charge in [0, 0.05) is 17.3 Å². The van der Waals surface area contributed by atoms with Gasteiger partial charge >= 0.3 is 0 Å². The van der Waals surface area contributed by atoms with Gasteiger partial charge < -0.3 is 9.47 Å². The van der Waals surface area contributed by atoms with E-state index in [4.69, 9.17) is 9.47 Å². The van der Waals surface area contributed by atoms with E-state index in [1.54, 1.807) is 13.2 Å². The number of aromatic nitrogens is 2. The largest absolute Gasteiger partial charge is 0.496 e. The van der Waals surface area contributed by atoms with Gasteiger partial charge in [0.2, 0.25) is 17.7 Å². The summed E-state index contributed by atoms with van der Waals surface area (Å²) in [4.78, 5) is 21.1. The van der Waals surface area contributed by atoms with Crippen LogP contribution in [0.1, 0.15) is 29.2 Å². The van der Waals surface area contributed by atoms with Crippen LogP contribution in [0.3, 0.4) is 0 Å². The minimum atomic E-state index is -0.253. The number of amides is 1. The predicted molar refractivity (Wildman–Crippen MR) is 86.0 cm³/mol. The molecule has 23 heavy (non-hydrogen) atoms. The monoisotopic (exact) mass is 313 g/mol. The minimum Gasteiger partial charge on any atom is -0.496 e. The number of rotatable bonds is 4. The van der Waals surface area contributed by atoms with Gasteiger partial charge in [-0.1, -0.05) is 12.1 Å². The number of aryl methyl sites for hydroxylation is 2. The van der Waals surface area contributed by atoms with Crippen LogP contribution in [0.25, 0.3) is 0 Å². The molecule has 0 fully saturated rings. The maximum atomic E-state index is 12.7. The lowest BCUT2D eigenvalue weighted by atomic mass is 9.99. The second-order valence-electron chi connectivity index (χ2n) is 5.49. The molecule has 0 spiro atoms. The normalized spacial score (nSPS) is 15.9. The molecule has 1 N–H and O–H groups in total. The molecule has 0 aliphatic heterocycles. The van der Waals surface area contributed by atoms with Crippen LogP contribution in [0.5, 0.6) is 11.6 Å². The van der Waals surface area contributed by atoms with Crippen LogP contribution in [0.2, 0.25) is 0 Å². The molecule has 6 nitrogen and oxygen atoms in total. The highest BCUT2D eigenvalue weighted by Crippen LogP contribution is 2.39. The van der Waals surface area contributed by atoms with Crippen molar-refractivity contribution in [1.29, 1.82) is 0 Å². The predicted octanol–water partition coefficient (Wildman–Crippen LogP) is 2.47. The first-order valence-corrected chi connectivity index (χ1v) is 7.48. The summed E-state index contributed by atoms with van der Waals surface area (Å²) in [6.07, 6.45) is 1.62. The molecule has 3 rings (SSSR count). The number of nitrogens with one attached hydrogen (secondary N) is 1. The number of fused-ring (bicyclic) bond motifs is 1. The van der Waals surface area contributed by atoms with E-state index in [0.29, 0.717) is 5.88 Å². The van der Waals surface area contributed by atoms with Crippen molar-refractivity contribution >= 4 is 11.9 Å². The summed E-state index contributed by atoms with van der Waals surface area (Å²) in [6, 6.07) is 7.59. The third-order valence-corrected chi connectivity index (χ3v) is 4.02. The summed E-state index contributed by atoms with van der Waals surface area (Å²) >= 11 is 0. The molecule has 0 bridgehead atoms. The lowest BCUT2D eigenvalue weighted by Crippen LogP contribution is -2.21. The van der Waals surface area contributed by atoms with Crippen molar-refractivity contribution in [2.75, 3.05) is 19.5 Å². The fourth-order valence-electron chi connectivity index (χ4n) is 2.98. The van der Waals surface area contributed by atoms with Crippen LogP contribution < -0.4 is 14.8 Å². The summed E-state index contributed by atoms with van der Waals surface area (Å²) in [5, 5.41) is 2.79. The molecule has 0 saturated heterocycles. The van der Waals surface area contributed by atoms with Crippen LogP contribution in [0.15, 0.2) is 24.3 Å². The molecule has 6 heteroatoms. The molecule has 1 aromatic heterocycles. The number of benzene rings is 1. The maximum absolute atomic E-state index is 12.7. The summed E-state index contributed by atoms with van der Waals surface area (Å²) in [7, 11) is 3.16. The molecule has 1 aliphatic carbocycles. The number of methoxy groups -OCH3 is 2. The fourth-order valence-corrected chi connectivity index (χ4v) is 2.98. The van der Waals surface area contributed by atoms with Crippen molar-refractivity contribution in [1.82, 2.24) is 9.97 Å². The molecule has 2 aromatic rings. The molecule has 120 valence electrons. The average Bonchev–Trinajstić information content (AvgIpc) is 2.98. The van der Waals surface area contributed by atoms with Crippen LogP contribution >= 0.6 is 0 Å². The summed E-state index contributed by atoms with van der Waals surface area (Å²) in [5.41, 5.74) is 2.86. The lowest BCUT2D eigenvalue weighted by molar-refractivity contribution is -0.117. The molecule has 1 atom stereocenters. The van der Waals surface area contributed by atoms with Crippen molar-refractivity contribution in [3.8, 4) is 11.6 Å². The number of ether oxygens (including phenoxy) is 2. The minimum absolute atomic E-state index is 0.124. The molecular formula is C17H19N3O3. The standard InChI is InChI=1S/C17H19N3O3/c1-10-9-14(23-3)19-17(18-10)20-16(21)12-8-7-11-5-4-6-13(22-2)15(11)12/h4-6,9,12H,7-8H2,1-3H3,(H,18,19,20,21). The number of anilines is 1. The first-order valence-electron chi connectivity index (χ1n) is 7.48. The van der Waals surface area contributed by atoms with Crippen molar-refractivity contribution in [3.05, 3.63) is 41.1 Å². The SMILES string of the molecule is COc1cc(C)nc(NC(=O)C2CCc3cccc(OC)c32)n1. The topological polar surface area (TPSA) is 73.3 Å². The zero-order valence-electron chi connectivity index (χ0n) is 13.4. The van der Waals surface area contributed by atoms with Gasteiger partial charge in [-0.2, -0.15) is 4.98 Å². The lowest BCUT2D eigenvalue weighted by Gasteiger charge is -2.15. The number of carbonyl (C=O) groups is 1. The molecule has 0 saturated carbocycles. The van der Waals surface area contributed by atoms with Gasteiger partial charge in [0.05, 0.1) is 20.1 Å². The van der Waals surface area contributed by atoms with Gasteiger partial charge in [0.25, 0.3) is 0 Å². The van der Waals surface area contributed by atoms with Crippen LogP contribution in [0, 0.1) is 6.92 Å². The van der Waals surface area contributed by atoms with E-state index < -0.39 is 0 Å². The number of hydrogen-bond donors (Lipinski definition) is 1. The van der Waals surface area contributed by atoms with Crippen molar-refractivity contribution < 1.29 is 14.3 Å². The van der Waals surface area contributed by atoms with Gasteiger partial charge in [-0.05, 0) is 31.4 Å². The molecule has 1 aromatic carbocycles. The Kier molecular flexibility index (Phi) is 4.14. The molecule has 1 aliphatic rings. The Hall–Kier alpha value is -2.63. The third-order valence-electron chi connectivity index (χ3n) is 4.02. The first kappa shape index (κ1) is 15.3. The zero-order chi connectivity index (χ0) is 16.4. The number of hydrogen-bond acceptors (Lipinski definition) is 5. The smallest absolute Gasteiger partial charge is 0.234 e. The molecule has 0 radical (unpaired) electrons. The van der Waals surface area contributed by atoms with E-state index >= 15 is 0 Å². The molecule has 1 unspecified atom stereocenters. The van der Waals surface area contributed by atoms with E-state index in [2.05, 4.69) is 15.3 Å². The Labute approximate surface area is 134 Å². The number of nitrogens with zero attached hydrogens (tertiary/aromatic N) is 2. The summed E-state index contributed by atoms with van der Waals surface area (Å²) in [5.74, 6) is 1.06. The van der Waals surface area contributed by atoms with Gasteiger partial charge in [-0.25, -0.2) is 4.98 Å². The highest BCUT2D eigenvalue weighted by molar-refractivity contribution is 5.95.